The first-order valence-corrected chi connectivity index (χ1v) is 8.83. The van der Waals surface area contributed by atoms with E-state index in [2.05, 4.69) is 18.7 Å². The average molecular weight is 295 g/mol. The molecule has 0 aromatic carbocycles. The van der Waals surface area contributed by atoms with Crippen molar-refractivity contribution in [2.24, 2.45) is 17.6 Å². The Balaban J connectivity index is 1.71. The summed E-state index contributed by atoms with van der Waals surface area (Å²) >= 11 is 0. The number of nitrogens with zero attached hydrogens (tertiary/aromatic N) is 2. The predicted octanol–water partition coefficient (Wildman–Crippen LogP) is 2.08. The van der Waals surface area contributed by atoms with Crippen molar-refractivity contribution in [3.8, 4) is 0 Å². The van der Waals surface area contributed by atoms with Crippen LogP contribution in [0.2, 0.25) is 0 Å². The molecule has 1 saturated heterocycles. The molecule has 2 fully saturated rings. The molecule has 0 spiro atoms. The third-order valence-electron chi connectivity index (χ3n) is 4.97. The van der Waals surface area contributed by atoms with Crippen LogP contribution in [-0.2, 0) is 4.79 Å². The normalized spacial score (nSPS) is 23.5. The van der Waals surface area contributed by atoms with Gasteiger partial charge in [-0.2, -0.15) is 0 Å². The molecule has 1 amide bonds. The molecule has 2 aliphatic rings. The van der Waals surface area contributed by atoms with Gasteiger partial charge in [-0.15, -0.1) is 0 Å². The lowest BCUT2D eigenvalue weighted by molar-refractivity contribution is -0.134. The minimum Gasteiger partial charge on any atom is -0.339 e. The zero-order chi connectivity index (χ0) is 15.2. The maximum Gasteiger partial charge on any atom is 0.239 e. The second kappa shape index (κ2) is 8.14. The topological polar surface area (TPSA) is 49.6 Å². The van der Waals surface area contributed by atoms with Crippen molar-refractivity contribution in [2.75, 3.05) is 32.7 Å². The maximum absolute atomic E-state index is 12.3. The van der Waals surface area contributed by atoms with Crippen molar-refractivity contribution in [2.45, 2.75) is 58.4 Å². The fourth-order valence-corrected chi connectivity index (χ4v) is 3.73. The van der Waals surface area contributed by atoms with Gasteiger partial charge < -0.3 is 10.6 Å². The van der Waals surface area contributed by atoms with Crippen molar-refractivity contribution in [3.05, 3.63) is 0 Å². The van der Waals surface area contributed by atoms with E-state index in [1.54, 1.807) is 0 Å². The number of piperazine rings is 1. The largest absolute Gasteiger partial charge is 0.339 e. The molecule has 21 heavy (non-hydrogen) atoms. The van der Waals surface area contributed by atoms with Crippen LogP contribution in [-0.4, -0.2) is 54.5 Å². The highest BCUT2D eigenvalue weighted by molar-refractivity contribution is 5.81. The van der Waals surface area contributed by atoms with Crippen molar-refractivity contribution in [1.82, 2.24) is 9.80 Å². The van der Waals surface area contributed by atoms with Crippen LogP contribution in [0.1, 0.15) is 52.4 Å². The number of carbonyl (C=O) groups is 1. The number of nitrogens with two attached hydrogens (primary N) is 1. The summed E-state index contributed by atoms with van der Waals surface area (Å²) in [6, 6.07) is -0.310. The molecule has 1 saturated carbocycles. The van der Waals surface area contributed by atoms with E-state index in [1.807, 2.05) is 4.90 Å². The summed E-state index contributed by atoms with van der Waals surface area (Å²) in [5.41, 5.74) is 6.03. The van der Waals surface area contributed by atoms with E-state index in [0.717, 1.165) is 38.5 Å². The van der Waals surface area contributed by atoms with Gasteiger partial charge in [-0.3, -0.25) is 9.69 Å². The number of carbonyl (C=O) groups excluding carboxylic acids is 1. The van der Waals surface area contributed by atoms with Gasteiger partial charge in [0, 0.05) is 32.7 Å². The van der Waals surface area contributed by atoms with Crippen LogP contribution < -0.4 is 5.73 Å². The number of amides is 1. The van der Waals surface area contributed by atoms with E-state index in [4.69, 9.17) is 5.73 Å². The van der Waals surface area contributed by atoms with Gasteiger partial charge in [0.05, 0.1) is 6.04 Å². The second-order valence-electron chi connectivity index (χ2n) is 7.37. The quantitative estimate of drug-likeness (QED) is 0.845. The van der Waals surface area contributed by atoms with Gasteiger partial charge in [-0.05, 0) is 31.1 Å². The van der Waals surface area contributed by atoms with Crippen molar-refractivity contribution in [1.29, 1.82) is 0 Å². The summed E-state index contributed by atoms with van der Waals surface area (Å²) in [7, 11) is 0. The Labute approximate surface area is 130 Å². The van der Waals surface area contributed by atoms with Gasteiger partial charge in [0.25, 0.3) is 0 Å². The van der Waals surface area contributed by atoms with Gasteiger partial charge in [0.2, 0.25) is 5.91 Å². The fourth-order valence-electron chi connectivity index (χ4n) is 3.73. The Morgan fingerprint density at radius 1 is 1.10 bits per heavy atom. The molecule has 0 radical (unpaired) electrons. The first-order chi connectivity index (χ1) is 10.1. The van der Waals surface area contributed by atoms with E-state index in [0.29, 0.717) is 5.92 Å². The molecule has 0 aromatic rings. The van der Waals surface area contributed by atoms with Gasteiger partial charge in [-0.1, -0.05) is 33.1 Å². The molecule has 2 N–H and O–H groups in total. The molecule has 1 aliphatic heterocycles. The van der Waals surface area contributed by atoms with Crippen molar-refractivity contribution in [3.63, 3.8) is 0 Å². The van der Waals surface area contributed by atoms with Crippen molar-refractivity contribution >= 4 is 5.91 Å². The third kappa shape index (κ3) is 5.26. The molecule has 1 atom stereocenters. The van der Waals surface area contributed by atoms with Gasteiger partial charge in [0.15, 0.2) is 0 Å². The van der Waals surface area contributed by atoms with Crippen LogP contribution in [0.4, 0.5) is 0 Å². The van der Waals surface area contributed by atoms with Gasteiger partial charge in [0.1, 0.15) is 0 Å². The fraction of sp³-hybridized carbons (Fsp3) is 0.941. The zero-order valence-electron chi connectivity index (χ0n) is 13.9. The Hall–Kier alpha value is -0.610. The van der Waals surface area contributed by atoms with Crippen LogP contribution in [0, 0.1) is 11.8 Å². The van der Waals surface area contributed by atoms with Crippen molar-refractivity contribution < 1.29 is 4.79 Å². The molecule has 2 rings (SSSR count). The van der Waals surface area contributed by atoms with Crippen LogP contribution >= 0.6 is 0 Å². The summed E-state index contributed by atoms with van der Waals surface area (Å²) in [6.45, 7) is 9.24. The number of rotatable bonds is 5. The summed E-state index contributed by atoms with van der Waals surface area (Å²) in [6.07, 6.45) is 7.84. The number of hydrogen-bond donors (Lipinski definition) is 1. The summed E-state index contributed by atoms with van der Waals surface area (Å²) in [5.74, 6) is 1.53. The molecule has 4 heteroatoms. The molecular weight excluding hydrogens is 262 g/mol. The highest BCUT2D eigenvalue weighted by Gasteiger charge is 2.26. The minimum atomic E-state index is -0.310. The van der Waals surface area contributed by atoms with Gasteiger partial charge >= 0.3 is 0 Å². The lowest BCUT2D eigenvalue weighted by Crippen LogP contribution is -2.54. The molecule has 1 aliphatic carbocycles. The molecule has 4 nitrogen and oxygen atoms in total. The number of hydrogen-bond acceptors (Lipinski definition) is 3. The molecule has 0 aromatic heterocycles. The zero-order valence-corrected chi connectivity index (χ0v) is 13.9. The standard InChI is InChI=1S/C17H33N3O/c1-14(2)12-16(18)17(21)20-10-8-19(9-11-20)13-15-6-4-3-5-7-15/h14-16H,3-13,18H2,1-2H3/t16-/m0/s1. The lowest BCUT2D eigenvalue weighted by Gasteiger charge is -2.38. The van der Waals surface area contributed by atoms with E-state index in [-0.39, 0.29) is 11.9 Å². The van der Waals surface area contributed by atoms with Crippen LogP contribution in [0.15, 0.2) is 0 Å². The Morgan fingerprint density at radius 2 is 1.71 bits per heavy atom. The van der Waals surface area contributed by atoms with Crippen LogP contribution in [0.25, 0.3) is 0 Å². The Bertz CT molecular complexity index is 318. The first-order valence-electron chi connectivity index (χ1n) is 8.83. The summed E-state index contributed by atoms with van der Waals surface area (Å²) < 4.78 is 0. The predicted molar refractivity (Wildman–Crippen MR) is 87.0 cm³/mol. The van der Waals surface area contributed by atoms with Crippen LogP contribution in [0.3, 0.4) is 0 Å². The maximum atomic E-state index is 12.3. The summed E-state index contributed by atoms with van der Waals surface area (Å²) in [4.78, 5) is 16.8. The van der Waals surface area contributed by atoms with Crippen LogP contribution in [0.5, 0.6) is 0 Å². The summed E-state index contributed by atoms with van der Waals surface area (Å²) in [5, 5.41) is 0. The SMILES string of the molecule is CC(C)C[C@H](N)C(=O)N1CCN(CC2CCCCC2)CC1. The van der Waals surface area contributed by atoms with E-state index < -0.39 is 0 Å². The molecule has 122 valence electrons. The molecule has 0 unspecified atom stereocenters. The second-order valence-corrected chi connectivity index (χ2v) is 7.37. The molecule has 1 heterocycles. The van der Waals surface area contributed by atoms with E-state index in [1.165, 1.54) is 38.6 Å². The molecular formula is C17H33N3O. The highest BCUT2D eigenvalue weighted by atomic mass is 16.2. The highest BCUT2D eigenvalue weighted by Crippen LogP contribution is 2.24. The average Bonchev–Trinajstić information content (AvgIpc) is 2.47. The van der Waals surface area contributed by atoms with Gasteiger partial charge in [-0.25, -0.2) is 0 Å². The lowest BCUT2D eigenvalue weighted by atomic mass is 9.89. The Kier molecular flexibility index (Phi) is 6.49. The Morgan fingerprint density at radius 3 is 2.29 bits per heavy atom. The first kappa shape index (κ1) is 16.8. The monoisotopic (exact) mass is 295 g/mol. The minimum absolute atomic E-state index is 0.154. The smallest absolute Gasteiger partial charge is 0.239 e. The third-order valence-corrected chi connectivity index (χ3v) is 4.97. The molecule has 0 bridgehead atoms. The van der Waals surface area contributed by atoms with E-state index in [9.17, 15) is 4.79 Å². The van der Waals surface area contributed by atoms with E-state index >= 15 is 0 Å².